The highest BCUT2D eigenvalue weighted by Gasteiger charge is 2.25. The number of anilines is 1. The minimum absolute atomic E-state index is 0.223. The summed E-state index contributed by atoms with van der Waals surface area (Å²) in [6.07, 6.45) is 2.54. The monoisotopic (exact) mass is 424 g/mol. The maximum Gasteiger partial charge on any atom is 0.229 e. The van der Waals surface area contributed by atoms with Crippen LogP contribution in [0.15, 0.2) is 97.3 Å². The van der Waals surface area contributed by atoms with Crippen molar-refractivity contribution in [3.8, 4) is 11.3 Å². The maximum absolute atomic E-state index is 12.5. The van der Waals surface area contributed by atoms with Crippen LogP contribution in [0.4, 0.5) is 5.82 Å². The van der Waals surface area contributed by atoms with E-state index in [1.165, 1.54) is 0 Å². The lowest BCUT2D eigenvalue weighted by molar-refractivity contribution is -0.118. The summed E-state index contributed by atoms with van der Waals surface area (Å²) in [5.41, 5.74) is 9.59. The molecule has 0 saturated carbocycles. The van der Waals surface area contributed by atoms with Crippen LogP contribution in [0, 0.1) is 0 Å². The molecule has 2 atom stereocenters. The van der Waals surface area contributed by atoms with E-state index in [1.807, 2.05) is 78.9 Å². The van der Waals surface area contributed by atoms with Crippen LogP contribution in [-0.4, -0.2) is 27.5 Å². The number of primary amides is 1. The molecule has 4 rings (SSSR count). The molecule has 160 valence electrons. The third-order valence-electron chi connectivity index (χ3n) is 5.26. The molecule has 2 unspecified atom stereocenters. The SMILES string of the molecule is NC(=O)C(c1cccnc1)c1ccc(-c2ccccc2)nc1NCC(O)c1ccccc1. The second-order valence-electron chi connectivity index (χ2n) is 7.43. The third-order valence-corrected chi connectivity index (χ3v) is 5.26. The first-order valence-electron chi connectivity index (χ1n) is 10.4. The van der Waals surface area contributed by atoms with Gasteiger partial charge in [0.05, 0.1) is 17.7 Å². The first kappa shape index (κ1) is 21.2. The Labute approximate surface area is 186 Å². The number of carbonyl (C=O) groups is 1. The minimum atomic E-state index is -0.739. The summed E-state index contributed by atoms with van der Waals surface area (Å²) in [6.45, 7) is 0.223. The molecule has 2 aromatic heterocycles. The van der Waals surface area contributed by atoms with Gasteiger partial charge in [0.25, 0.3) is 0 Å². The molecule has 1 amide bonds. The molecule has 0 bridgehead atoms. The lowest BCUT2D eigenvalue weighted by atomic mass is 9.91. The van der Waals surface area contributed by atoms with Crippen molar-refractivity contribution in [2.75, 3.05) is 11.9 Å². The van der Waals surface area contributed by atoms with Gasteiger partial charge in [-0.15, -0.1) is 0 Å². The summed E-state index contributed by atoms with van der Waals surface area (Å²) in [6, 6.07) is 26.5. The zero-order valence-corrected chi connectivity index (χ0v) is 17.4. The van der Waals surface area contributed by atoms with E-state index in [9.17, 15) is 9.90 Å². The topological polar surface area (TPSA) is 101 Å². The summed E-state index contributed by atoms with van der Waals surface area (Å²) in [4.78, 5) is 21.4. The highest BCUT2D eigenvalue weighted by molar-refractivity contribution is 5.87. The van der Waals surface area contributed by atoms with E-state index in [4.69, 9.17) is 10.7 Å². The largest absolute Gasteiger partial charge is 0.387 e. The van der Waals surface area contributed by atoms with Gasteiger partial charge in [-0.2, -0.15) is 0 Å². The van der Waals surface area contributed by atoms with Crippen LogP contribution in [0.1, 0.15) is 28.7 Å². The molecular formula is C26H24N4O2. The zero-order valence-electron chi connectivity index (χ0n) is 17.4. The van der Waals surface area contributed by atoms with Crippen molar-refractivity contribution in [1.29, 1.82) is 0 Å². The van der Waals surface area contributed by atoms with Crippen molar-refractivity contribution in [3.05, 3.63) is 114 Å². The van der Waals surface area contributed by atoms with Crippen molar-refractivity contribution < 1.29 is 9.90 Å². The van der Waals surface area contributed by atoms with Gasteiger partial charge in [-0.25, -0.2) is 4.98 Å². The number of benzene rings is 2. The first-order valence-corrected chi connectivity index (χ1v) is 10.4. The van der Waals surface area contributed by atoms with Crippen molar-refractivity contribution in [2.24, 2.45) is 5.73 Å². The standard InChI is InChI=1S/C26H24N4O2/c27-25(32)24(20-12-7-15-28-16-20)21-13-14-22(18-8-3-1-4-9-18)30-26(21)29-17-23(31)19-10-5-2-6-11-19/h1-16,23-24,31H,17H2,(H2,27,32)(H,29,30). The molecule has 2 heterocycles. The van der Waals surface area contributed by atoms with Crippen LogP contribution in [-0.2, 0) is 4.79 Å². The fraction of sp³-hybridized carbons (Fsp3) is 0.115. The number of aliphatic hydroxyl groups excluding tert-OH is 1. The number of hydrogen-bond acceptors (Lipinski definition) is 5. The first-order chi connectivity index (χ1) is 15.6. The summed E-state index contributed by atoms with van der Waals surface area (Å²) >= 11 is 0. The van der Waals surface area contributed by atoms with Crippen molar-refractivity contribution >= 4 is 11.7 Å². The fourth-order valence-corrected chi connectivity index (χ4v) is 3.64. The second kappa shape index (κ2) is 9.85. The lowest BCUT2D eigenvalue weighted by Gasteiger charge is -2.20. The Balaban J connectivity index is 1.72. The number of carbonyl (C=O) groups excluding carboxylic acids is 1. The van der Waals surface area contributed by atoms with E-state index in [-0.39, 0.29) is 6.54 Å². The van der Waals surface area contributed by atoms with Crippen LogP contribution in [0.2, 0.25) is 0 Å². The number of aliphatic hydroxyl groups is 1. The summed E-state index contributed by atoms with van der Waals surface area (Å²) in [5.74, 6) is -0.731. The molecule has 6 nitrogen and oxygen atoms in total. The maximum atomic E-state index is 12.5. The molecule has 0 aliphatic carbocycles. The molecular weight excluding hydrogens is 400 g/mol. The quantitative estimate of drug-likeness (QED) is 0.398. The number of nitrogens with two attached hydrogens (primary N) is 1. The van der Waals surface area contributed by atoms with Crippen molar-refractivity contribution in [3.63, 3.8) is 0 Å². The smallest absolute Gasteiger partial charge is 0.229 e. The van der Waals surface area contributed by atoms with Gasteiger partial charge in [0.1, 0.15) is 5.82 Å². The summed E-state index contributed by atoms with van der Waals surface area (Å²) in [7, 11) is 0. The van der Waals surface area contributed by atoms with Gasteiger partial charge in [-0.3, -0.25) is 9.78 Å². The fourth-order valence-electron chi connectivity index (χ4n) is 3.64. The van der Waals surface area contributed by atoms with Crippen LogP contribution < -0.4 is 11.1 Å². The normalized spacial score (nSPS) is 12.7. The Morgan fingerprint density at radius 3 is 2.25 bits per heavy atom. The minimum Gasteiger partial charge on any atom is -0.387 e. The Morgan fingerprint density at radius 2 is 1.59 bits per heavy atom. The molecule has 0 aliphatic rings. The van der Waals surface area contributed by atoms with Crippen molar-refractivity contribution in [1.82, 2.24) is 9.97 Å². The highest BCUT2D eigenvalue weighted by Crippen LogP contribution is 2.31. The molecule has 32 heavy (non-hydrogen) atoms. The predicted octanol–water partition coefficient (Wildman–Crippen LogP) is 3.91. The average Bonchev–Trinajstić information content (AvgIpc) is 2.85. The van der Waals surface area contributed by atoms with E-state index >= 15 is 0 Å². The number of aromatic nitrogens is 2. The van der Waals surface area contributed by atoms with Gasteiger partial charge in [-0.1, -0.05) is 72.8 Å². The van der Waals surface area contributed by atoms with Gasteiger partial charge in [-0.05, 0) is 23.3 Å². The van der Waals surface area contributed by atoms with Gasteiger partial charge in [0, 0.05) is 30.1 Å². The molecule has 0 aliphatic heterocycles. The number of nitrogens with zero attached hydrogens (tertiary/aromatic N) is 2. The molecule has 0 saturated heterocycles. The Hall–Kier alpha value is -4.03. The Kier molecular flexibility index (Phi) is 6.53. The number of pyridine rings is 2. The molecule has 0 radical (unpaired) electrons. The van der Waals surface area contributed by atoms with Gasteiger partial charge < -0.3 is 16.2 Å². The number of rotatable bonds is 8. The summed E-state index contributed by atoms with van der Waals surface area (Å²) in [5, 5.41) is 13.9. The lowest BCUT2D eigenvalue weighted by Crippen LogP contribution is -2.24. The van der Waals surface area contributed by atoms with Crippen LogP contribution >= 0.6 is 0 Å². The van der Waals surface area contributed by atoms with Crippen LogP contribution in [0.25, 0.3) is 11.3 Å². The van der Waals surface area contributed by atoms with E-state index < -0.39 is 17.9 Å². The van der Waals surface area contributed by atoms with Crippen LogP contribution in [0.3, 0.4) is 0 Å². The molecule has 0 fully saturated rings. The number of nitrogens with one attached hydrogen (secondary N) is 1. The van der Waals surface area contributed by atoms with Gasteiger partial charge in [0.2, 0.25) is 5.91 Å². The highest BCUT2D eigenvalue weighted by atomic mass is 16.3. The van der Waals surface area contributed by atoms with E-state index in [0.29, 0.717) is 16.9 Å². The van der Waals surface area contributed by atoms with E-state index in [2.05, 4.69) is 10.3 Å². The predicted molar refractivity (Wildman–Crippen MR) is 125 cm³/mol. The number of amides is 1. The molecule has 4 aromatic rings. The Morgan fingerprint density at radius 1 is 0.906 bits per heavy atom. The summed E-state index contributed by atoms with van der Waals surface area (Å²) < 4.78 is 0. The second-order valence-corrected chi connectivity index (χ2v) is 7.43. The number of hydrogen-bond donors (Lipinski definition) is 3. The third kappa shape index (κ3) is 4.82. The van der Waals surface area contributed by atoms with E-state index in [0.717, 1.165) is 16.8 Å². The Bertz CT molecular complexity index is 1170. The van der Waals surface area contributed by atoms with E-state index in [1.54, 1.807) is 18.5 Å². The van der Waals surface area contributed by atoms with Gasteiger partial charge in [0.15, 0.2) is 0 Å². The van der Waals surface area contributed by atoms with Crippen molar-refractivity contribution in [2.45, 2.75) is 12.0 Å². The average molecular weight is 425 g/mol. The molecule has 2 aromatic carbocycles. The molecule has 6 heteroatoms. The molecule has 0 spiro atoms. The zero-order chi connectivity index (χ0) is 22.3. The van der Waals surface area contributed by atoms with Crippen LogP contribution in [0.5, 0.6) is 0 Å². The molecule has 4 N–H and O–H groups in total. The van der Waals surface area contributed by atoms with Gasteiger partial charge >= 0.3 is 0 Å².